The van der Waals surface area contributed by atoms with Gasteiger partial charge in [-0.25, -0.2) is 0 Å². The van der Waals surface area contributed by atoms with E-state index < -0.39 is 36.3 Å². The Labute approximate surface area is 409 Å². The van der Waals surface area contributed by atoms with Gasteiger partial charge in [-0.15, -0.1) is 0 Å². The van der Waals surface area contributed by atoms with Gasteiger partial charge in [0.2, 0.25) is 29.5 Å². The van der Waals surface area contributed by atoms with Crippen molar-refractivity contribution >= 4 is 29.5 Å². The second-order valence-corrected chi connectivity index (χ2v) is 19.2. The minimum Gasteiger partial charge on any atom is -0.363 e. The molecule has 0 aromatic heterocycles. The van der Waals surface area contributed by atoms with Gasteiger partial charge in [0.1, 0.15) is 24.7 Å². The van der Waals surface area contributed by atoms with Gasteiger partial charge >= 0.3 is 0 Å². The Morgan fingerprint density at radius 3 is 2.13 bits per heavy atom. The van der Waals surface area contributed by atoms with Gasteiger partial charge in [0.15, 0.2) is 0 Å². The highest BCUT2D eigenvalue weighted by atomic mass is 16.5. The number of rotatable bonds is 19. The van der Waals surface area contributed by atoms with Crippen molar-refractivity contribution in [3.05, 3.63) is 106 Å². The van der Waals surface area contributed by atoms with E-state index in [1.807, 2.05) is 17.9 Å². The van der Waals surface area contributed by atoms with Crippen LogP contribution in [0.4, 0.5) is 0 Å². The summed E-state index contributed by atoms with van der Waals surface area (Å²) in [7, 11) is 3.42. The van der Waals surface area contributed by atoms with Gasteiger partial charge in [0.05, 0.1) is 18.2 Å². The lowest BCUT2D eigenvalue weighted by atomic mass is 9.83. The molecule has 0 spiro atoms. The van der Waals surface area contributed by atoms with Gasteiger partial charge < -0.3 is 46.4 Å². The number of carbonyl (C=O) groups is 5. The molecular formula is C55H74N8O6. The maximum absolute atomic E-state index is 14.5. The van der Waals surface area contributed by atoms with Crippen molar-refractivity contribution < 1.29 is 28.7 Å². The zero-order valence-corrected chi connectivity index (χ0v) is 41.3. The van der Waals surface area contributed by atoms with E-state index in [0.717, 1.165) is 51.4 Å². The number of hydrogen-bond acceptors (Lipinski definition) is 9. The molecule has 3 aromatic carbocycles. The van der Waals surface area contributed by atoms with Gasteiger partial charge in [-0.2, -0.15) is 0 Å². The Morgan fingerprint density at radius 1 is 0.725 bits per heavy atom. The molecule has 0 radical (unpaired) electrons. The second kappa shape index (κ2) is 24.8. The summed E-state index contributed by atoms with van der Waals surface area (Å²) in [6, 6.07) is 20.8. The van der Waals surface area contributed by atoms with E-state index >= 15 is 0 Å². The molecule has 2 fully saturated rings. The summed E-state index contributed by atoms with van der Waals surface area (Å²) < 4.78 is 6.18. The standard InChI is InChI=1S/C55H74N8O6/c1-6-46(57-5)52(65)61-50(55(68)63-32-14-26-48(63)53(66)59-34-42-21-11-19-39-17-7-9-23-44(39)42)41-29-27-38(28-30-41)16-15-33-69-37(3)49(60-51(64)36(2)56-4)54(67)62-31-13-22-43(62)35-58-47-25-12-20-40-18-8-10-24-45(40)47/h7-10,17-18,23-24,27-30,36-37,42-43,46-50,56-58H,6,11-14,19-22,25-26,31-35H2,1-5H3,(H,59,66)(H,60,64)(H,61,65)/t36-,37+,42-,43-,46-,47+,48-,49-,50-/m0/s1. The highest BCUT2D eigenvalue weighted by molar-refractivity contribution is 5.94. The summed E-state index contributed by atoms with van der Waals surface area (Å²) in [6.45, 7) is 7.65. The number of likely N-dealkylation sites (N-methyl/N-ethyl adjacent to an activating group) is 2. The van der Waals surface area contributed by atoms with Crippen LogP contribution in [0.5, 0.6) is 0 Å². The highest BCUT2D eigenvalue weighted by Crippen LogP contribution is 2.32. The molecule has 7 rings (SSSR count). The molecule has 9 atom stereocenters. The molecule has 6 N–H and O–H groups in total. The quantitative estimate of drug-likeness (QED) is 0.0942. The van der Waals surface area contributed by atoms with Crippen molar-refractivity contribution in [3.8, 4) is 11.8 Å². The second-order valence-electron chi connectivity index (χ2n) is 19.2. The average molecular weight is 943 g/mol. The summed E-state index contributed by atoms with van der Waals surface area (Å²) in [5.74, 6) is 5.16. The summed E-state index contributed by atoms with van der Waals surface area (Å²) in [5.41, 5.74) is 6.58. The van der Waals surface area contributed by atoms with Crippen LogP contribution in [-0.2, 0) is 41.6 Å². The van der Waals surface area contributed by atoms with Crippen molar-refractivity contribution in [2.45, 2.75) is 146 Å². The first-order chi connectivity index (χ1) is 33.5. The molecule has 0 saturated carbocycles. The summed E-state index contributed by atoms with van der Waals surface area (Å²) >= 11 is 0. The lowest BCUT2D eigenvalue weighted by Gasteiger charge is -2.34. The monoisotopic (exact) mass is 943 g/mol. The number of hydrogen-bond donors (Lipinski definition) is 6. The first-order valence-electron chi connectivity index (χ1n) is 25.4. The van der Waals surface area contributed by atoms with E-state index in [2.05, 4.69) is 86.2 Å². The van der Waals surface area contributed by atoms with E-state index in [4.69, 9.17) is 4.74 Å². The molecule has 370 valence electrons. The van der Waals surface area contributed by atoms with E-state index in [-0.39, 0.29) is 54.1 Å². The number of amides is 5. The van der Waals surface area contributed by atoms with Crippen molar-refractivity contribution in [1.82, 2.24) is 41.7 Å². The Morgan fingerprint density at radius 2 is 1.41 bits per heavy atom. The SMILES string of the molecule is CC[C@H](NC)C(=O)N[C@H](C(=O)N1CCC[C@H]1C(=O)NC[C@@H]1CCCc2ccccc21)c1ccc(C#CCO[C@H](C)[C@H](NC(=O)[C@H](C)NC)C(=O)N2CCC[C@H]2CN[C@@H]2CCCc3ccccc32)cc1. The molecule has 69 heavy (non-hydrogen) atoms. The first-order valence-corrected chi connectivity index (χ1v) is 25.4. The molecule has 2 saturated heterocycles. The first kappa shape index (κ1) is 51.3. The molecule has 5 amide bonds. The number of nitrogens with one attached hydrogen (secondary N) is 6. The maximum Gasteiger partial charge on any atom is 0.250 e. The van der Waals surface area contributed by atoms with Crippen molar-refractivity contribution in [2.75, 3.05) is 46.9 Å². The summed E-state index contributed by atoms with van der Waals surface area (Å²) in [4.78, 5) is 72.9. The zero-order valence-electron chi connectivity index (χ0n) is 41.3. The van der Waals surface area contributed by atoms with Crippen LogP contribution in [0.1, 0.15) is 130 Å². The van der Waals surface area contributed by atoms with Crippen LogP contribution in [0.2, 0.25) is 0 Å². The van der Waals surface area contributed by atoms with Gasteiger partial charge in [0.25, 0.3) is 0 Å². The third-order valence-electron chi connectivity index (χ3n) is 14.8. The lowest BCUT2D eigenvalue weighted by molar-refractivity contribution is -0.141. The predicted octanol–water partition coefficient (Wildman–Crippen LogP) is 4.58. The Kier molecular flexibility index (Phi) is 18.4. The van der Waals surface area contributed by atoms with E-state index in [9.17, 15) is 24.0 Å². The average Bonchev–Trinajstić information content (AvgIpc) is 4.08. The predicted molar refractivity (Wildman–Crippen MR) is 268 cm³/mol. The summed E-state index contributed by atoms with van der Waals surface area (Å²) in [5, 5.41) is 18.9. The largest absolute Gasteiger partial charge is 0.363 e. The molecule has 14 nitrogen and oxygen atoms in total. The summed E-state index contributed by atoms with van der Waals surface area (Å²) in [6.07, 6.45) is 9.23. The van der Waals surface area contributed by atoms with Crippen LogP contribution < -0.4 is 31.9 Å². The molecule has 2 heterocycles. The van der Waals surface area contributed by atoms with Crippen LogP contribution in [0, 0.1) is 11.8 Å². The fraction of sp³-hybridized carbons (Fsp3) is 0.545. The van der Waals surface area contributed by atoms with Crippen molar-refractivity contribution in [2.24, 2.45) is 0 Å². The van der Waals surface area contributed by atoms with E-state index in [0.29, 0.717) is 56.6 Å². The Bertz CT molecular complexity index is 2310. The van der Waals surface area contributed by atoms with Crippen molar-refractivity contribution in [3.63, 3.8) is 0 Å². The Balaban J connectivity index is 0.989. The molecule has 3 aromatic rings. The number of carbonyl (C=O) groups excluding carboxylic acids is 5. The van der Waals surface area contributed by atoms with Crippen LogP contribution in [-0.4, -0.2) is 123 Å². The number of nitrogens with zero attached hydrogens (tertiary/aromatic N) is 2. The molecule has 0 unspecified atom stereocenters. The zero-order chi connectivity index (χ0) is 48.9. The minimum atomic E-state index is -1.02. The highest BCUT2D eigenvalue weighted by Gasteiger charge is 2.40. The number of likely N-dealkylation sites (tertiary alicyclic amines) is 2. The number of benzene rings is 3. The third-order valence-corrected chi connectivity index (χ3v) is 14.8. The molecular weight excluding hydrogens is 869 g/mol. The molecule has 0 bridgehead atoms. The lowest BCUT2D eigenvalue weighted by Crippen LogP contribution is -2.58. The van der Waals surface area contributed by atoms with Crippen LogP contribution >= 0.6 is 0 Å². The molecule has 2 aliphatic carbocycles. The molecule has 2 aliphatic heterocycles. The van der Waals surface area contributed by atoms with Crippen LogP contribution in [0.3, 0.4) is 0 Å². The smallest absolute Gasteiger partial charge is 0.250 e. The van der Waals surface area contributed by atoms with Gasteiger partial charge in [-0.05, 0) is 139 Å². The van der Waals surface area contributed by atoms with Gasteiger partial charge in [-0.3, -0.25) is 24.0 Å². The maximum atomic E-state index is 14.5. The minimum absolute atomic E-state index is 0.00147. The topological polar surface area (TPSA) is 173 Å². The number of ether oxygens (including phenoxy) is 1. The fourth-order valence-corrected chi connectivity index (χ4v) is 10.6. The Hall–Kier alpha value is -5.59. The molecule has 4 aliphatic rings. The van der Waals surface area contributed by atoms with Crippen molar-refractivity contribution in [1.29, 1.82) is 0 Å². The number of fused-ring (bicyclic) bond motifs is 2. The third kappa shape index (κ3) is 12.8. The van der Waals surface area contributed by atoms with Crippen LogP contribution in [0.25, 0.3) is 0 Å². The van der Waals surface area contributed by atoms with Gasteiger partial charge in [-0.1, -0.05) is 79.4 Å². The van der Waals surface area contributed by atoms with E-state index in [1.165, 1.54) is 22.3 Å². The normalized spacial score (nSPS) is 21.9. The van der Waals surface area contributed by atoms with Crippen LogP contribution in [0.15, 0.2) is 72.8 Å². The van der Waals surface area contributed by atoms with E-state index in [1.54, 1.807) is 57.1 Å². The fourth-order valence-electron chi connectivity index (χ4n) is 10.6. The van der Waals surface area contributed by atoms with Gasteiger partial charge in [0, 0.05) is 49.7 Å². The molecule has 14 heteroatoms. The number of aryl methyl sites for hydroxylation is 2.